The molecule has 1 unspecified atom stereocenters. The summed E-state index contributed by atoms with van der Waals surface area (Å²) >= 11 is 0. The van der Waals surface area contributed by atoms with Crippen molar-refractivity contribution < 1.29 is 18.7 Å². The molecule has 94 valence electrons. The van der Waals surface area contributed by atoms with Crippen LogP contribution in [0.1, 0.15) is 26.3 Å². The first kappa shape index (κ1) is 13.8. The van der Waals surface area contributed by atoms with Gasteiger partial charge in [0.1, 0.15) is 17.7 Å². The Hall–Kier alpha value is -1.29. The normalized spacial score (nSPS) is 13.5. The highest BCUT2D eigenvalue weighted by Gasteiger charge is 2.29. The van der Waals surface area contributed by atoms with Crippen LogP contribution in [0.2, 0.25) is 0 Å². The second kappa shape index (κ2) is 4.92. The molecule has 0 bridgehead atoms. The molecule has 0 heterocycles. The van der Waals surface area contributed by atoms with E-state index in [1.165, 1.54) is 6.07 Å². The number of Topliss-reactive ketones (excluding diaryl/α,β-unsaturated/α-hetero) is 1. The van der Waals surface area contributed by atoms with E-state index < -0.39 is 35.4 Å². The monoisotopic (exact) mass is 242 g/mol. The summed E-state index contributed by atoms with van der Waals surface area (Å²) in [5.41, 5.74) is -0.931. The molecule has 2 nitrogen and oxygen atoms in total. The fraction of sp³-hybridized carbons (Fsp3) is 0.462. The topological polar surface area (TPSA) is 37.3 Å². The second-order valence-electron chi connectivity index (χ2n) is 5.11. The fourth-order valence-corrected chi connectivity index (χ4v) is 1.46. The highest BCUT2D eigenvalue weighted by atomic mass is 19.1. The number of halogens is 2. The van der Waals surface area contributed by atoms with Crippen molar-refractivity contribution in [3.8, 4) is 0 Å². The van der Waals surface area contributed by atoms with Crippen molar-refractivity contribution in [1.29, 1.82) is 0 Å². The lowest BCUT2D eigenvalue weighted by atomic mass is 9.85. The minimum Gasteiger partial charge on any atom is -0.385 e. The summed E-state index contributed by atoms with van der Waals surface area (Å²) in [6, 6.07) is 3.42. The zero-order valence-electron chi connectivity index (χ0n) is 10.1. The Balaban J connectivity index is 2.89. The maximum atomic E-state index is 13.3. The molecule has 1 aromatic carbocycles. The van der Waals surface area contributed by atoms with Crippen LogP contribution in [0.5, 0.6) is 0 Å². The van der Waals surface area contributed by atoms with Gasteiger partial charge in [-0.3, -0.25) is 4.79 Å². The molecule has 0 saturated carbocycles. The molecule has 0 saturated heterocycles. The van der Waals surface area contributed by atoms with Crippen molar-refractivity contribution in [3.63, 3.8) is 0 Å². The van der Waals surface area contributed by atoms with Crippen LogP contribution in [0.25, 0.3) is 0 Å². The van der Waals surface area contributed by atoms with Crippen LogP contribution in [0.4, 0.5) is 8.78 Å². The van der Waals surface area contributed by atoms with Crippen molar-refractivity contribution in [2.75, 3.05) is 0 Å². The number of carbonyl (C=O) groups is 1. The molecule has 1 aromatic rings. The van der Waals surface area contributed by atoms with Gasteiger partial charge in [0.2, 0.25) is 0 Å². The van der Waals surface area contributed by atoms with E-state index in [9.17, 15) is 18.7 Å². The van der Waals surface area contributed by atoms with Gasteiger partial charge < -0.3 is 5.11 Å². The third kappa shape index (κ3) is 3.33. The van der Waals surface area contributed by atoms with Crippen molar-refractivity contribution in [1.82, 2.24) is 0 Å². The van der Waals surface area contributed by atoms with E-state index in [4.69, 9.17) is 0 Å². The molecule has 0 aliphatic rings. The van der Waals surface area contributed by atoms with Gasteiger partial charge in [0.05, 0.1) is 0 Å². The first-order valence-electron chi connectivity index (χ1n) is 5.37. The summed E-state index contributed by atoms with van der Waals surface area (Å²) in [4.78, 5) is 11.7. The Morgan fingerprint density at radius 2 is 1.76 bits per heavy atom. The second-order valence-corrected chi connectivity index (χ2v) is 5.11. The SMILES string of the molecule is CC(C)(C)C(O)C(=O)Cc1c(F)cccc1F. The summed E-state index contributed by atoms with van der Waals surface area (Å²) in [6.45, 7) is 5.06. The molecule has 0 aliphatic heterocycles. The Kier molecular flexibility index (Phi) is 3.98. The van der Waals surface area contributed by atoms with Gasteiger partial charge in [0.25, 0.3) is 0 Å². The Labute approximate surface area is 99.3 Å². The van der Waals surface area contributed by atoms with E-state index in [1.54, 1.807) is 20.8 Å². The van der Waals surface area contributed by atoms with Crippen LogP contribution < -0.4 is 0 Å². The third-order valence-corrected chi connectivity index (χ3v) is 2.54. The molecule has 0 aliphatic carbocycles. The van der Waals surface area contributed by atoms with Crippen LogP contribution in [0, 0.1) is 17.0 Å². The van der Waals surface area contributed by atoms with Crippen molar-refractivity contribution in [3.05, 3.63) is 35.4 Å². The smallest absolute Gasteiger partial charge is 0.166 e. The number of ketones is 1. The number of carbonyl (C=O) groups excluding carboxylic acids is 1. The van der Waals surface area contributed by atoms with Gasteiger partial charge in [-0.25, -0.2) is 8.78 Å². The first-order chi connectivity index (χ1) is 7.73. The van der Waals surface area contributed by atoms with Gasteiger partial charge in [-0.15, -0.1) is 0 Å². The van der Waals surface area contributed by atoms with E-state index in [0.717, 1.165) is 12.1 Å². The molecule has 0 aromatic heterocycles. The quantitative estimate of drug-likeness (QED) is 0.884. The summed E-state index contributed by atoms with van der Waals surface area (Å²) in [5.74, 6) is -2.11. The van der Waals surface area contributed by atoms with E-state index in [2.05, 4.69) is 0 Å². The lowest BCUT2D eigenvalue weighted by molar-refractivity contribution is -0.131. The Morgan fingerprint density at radius 1 is 1.29 bits per heavy atom. The number of hydrogen-bond donors (Lipinski definition) is 1. The number of aliphatic hydroxyl groups is 1. The van der Waals surface area contributed by atoms with Crippen LogP contribution in [0.3, 0.4) is 0 Å². The molecule has 4 heteroatoms. The largest absolute Gasteiger partial charge is 0.385 e. The molecule has 0 radical (unpaired) electrons. The molecule has 17 heavy (non-hydrogen) atoms. The van der Waals surface area contributed by atoms with E-state index in [0.29, 0.717) is 0 Å². The standard InChI is InChI=1S/C13H16F2O2/c1-13(2,3)12(17)11(16)7-8-9(14)5-4-6-10(8)15/h4-6,12,17H,7H2,1-3H3. The van der Waals surface area contributed by atoms with Crippen molar-refractivity contribution >= 4 is 5.78 Å². The van der Waals surface area contributed by atoms with Gasteiger partial charge in [-0.2, -0.15) is 0 Å². The molecule has 1 N–H and O–H groups in total. The van der Waals surface area contributed by atoms with Gasteiger partial charge in [-0.05, 0) is 17.5 Å². The lowest BCUT2D eigenvalue weighted by Gasteiger charge is -2.24. The van der Waals surface area contributed by atoms with E-state index >= 15 is 0 Å². The highest BCUT2D eigenvalue weighted by molar-refractivity contribution is 5.85. The average Bonchev–Trinajstić information content (AvgIpc) is 2.21. The molecule has 1 rings (SSSR count). The maximum absolute atomic E-state index is 13.3. The van der Waals surface area contributed by atoms with Crippen LogP contribution >= 0.6 is 0 Å². The van der Waals surface area contributed by atoms with Crippen LogP contribution in [-0.4, -0.2) is 17.0 Å². The molecular formula is C13H16F2O2. The molecule has 0 amide bonds. The van der Waals surface area contributed by atoms with Gasteiger partial charge in [0, 0.05) is 12.0 Å². The van der Waals surface area contributed by atoms with Crippen LogP contribution in [-0.2, 0) is 11.2 Å². The van der Waals surface area contributed by atoms with Gasteiger partial charge in [-0.1, -0.05) is 26.8 Å². The Bertz CT molecular complexity index is 402. The maximum Gasteiger partial charge on any atom is 0.166 e. The number of rotatable bonds is 3. The van der Waals surface area contributed by atoms with Crippen molar-refractivity contribution in [2.45, 2.75) is 33.3 Å². The highest BCUT2D eigenvalue weighted by Crippen LogP contribution is 2.22. The fourth-order valence-electron chi connectivity index (χ4n) is 1.46. The van der Waals surface area contributed by atoms with E-state index in [-0.39, 0.29) is 5.56 Å². The summed E-state index contributed by atoms with van der Waals surface area (Å²) in [5, 5.41) is 9.70. The predicted molar refractivity (Wildman–Crippen MR) is 60.5 cm³/mol. The minimum absolute atomic E-state index is 0.291. The lowest BCUT2D eigenvalue weighted by Crippen LogP contribution is -2.35. The van der Waals surface area contributed by atoms with Crippen molar-refractivity contribution in [2.24, 2.45) is 5.41 Å². The summed E-state index contributed by atoms with van der Waals surface area (Å²) in [7, 11) is 0. The molecular weight excluding hydrogens is 226 g/mol. The molecule has 1 atom stereocenters. The van der Waals surface area contributed by atoms with Gasteiger partial charge in [0.15, 0.2) is 5.78 Å². The average molecular weight is 242 g/mol. The predicted octanol–water partition coefficient (Wildman–Crippen LogP) is 2.48. The summed E-state index contributed by atoms with van der Waals surface area (Å²) < 4.78 is 26.6. The third-order valence-electron chi connectivity index (χ3n) is 2.54. The number of hydrogen-bond acceptors (Lipinski definition) is 2. The minimum atomic E-state index is -1.23. The number of aliphatic hydroxyl groups excluding tert-OH is 1. The van der Waals surface area contributed by atoms with Gasteiger partial charge >= 0.3 is 0 Å². The molecule has 0 fully saturated rings. The van der Waals surface area contributed by atoms with Crippen LogP contribution in [0.15, 0.2) is 18.2 Å². The van der Waals surface area contributed by atoms with E-state index in [1.807, 2.05) is 0 Å². The zero-order valence-corrected chi connectivity index (χ0v) is 10.1. The number of benzene rings is 1. The Morgan fingerprint density at radius 3 is 2.18 bits per heavy atom. The first-order valence-corrected chi connectivity index (χ1v) is 5.37. The zero-order chi connectivity index (χ0) is 13.2. The summed E-state index contributed by atoms with van der Waals surface area (Å²) in [6.07, 6.45) is -1.67. The molecule has 0 spiro atoms.